The maximum Gasteiger partial charge on any atom is 0.259 e. The Kier molecular flexibility index (Phi) is 7.65. The average molecular weight is 416 g/mol. The van der Waals surface area contributed by atoms with E-state index in [-0.39, 0.29) is 34.6 Å². The van der Waals surface area contributed by atoms with E-state index in [0.717, 1.165) is 25.8 Å². The van der Waals surface area contributed by atoms with Gasteiger partial charge in [-0.1, -0.05) is 22.8 Å². The van der Waals surface area contributed by atoms with Crippen LogP contribution in [0, 0.1) is 18.7 Å². The molecule has 2 aromatic rings. The van der Waals surface area contributed by atoms with Crippen molar-refractivity contribution in [2.45, 2.75) is 26.2 Å². The SMILES string of the molecule is CNCCC1CCN(C(=O)c2c(-c3c(F)cccc3Cl)noc2C)CC1.Cl. The molecular weight excluding hydrogens is 392 g/mol. The van der Waals surface area contributed by atoms with Crippen LogP contribution in [0.25, 0.3) is 11.3 Å². The van der Waals surface area contributed by atoms with E-state index in [0.29, 0.717) is 30.3 Å². The molecule has 1 amide bonds. The molecule has 1 fully saturated rings. The number of nitrogens with zero attached hydrogens (tertiary/aromatic N) is 2. The van der Waals surface area contributed by atoms with E-state index >= 15 is 0 Å². The van der Waals surface area contributed by atoms with E-state index in [9.17, 15) is 9.18 Å². The quantitative estimate of drug-likeness (QED) is 0.789. The van der Waals surface area contributed by atoms with Gasteiger partial charge in [-0.05, 0) is 57.8 Å². The Bertz CT molecular complexity index is 769. The Hall–Kier alpha value is -1.63. The maximum absolute atomic E-state index is 14.3. The molecule has 27 heavy (non-hydrogen) atoms. The number of piperidine rings is 1. The predicted octanol–water partition coefficient (Wildman–Crippen LogP) is 4.33. The first-order chi connectivity index (χ1) is 12.5. The lowest BCUT2D eigenvalue weighted by atomic mass is 9.93. The molecule has 3 rings (SSSR count). The molecule has 2 heterocycles. The molecule has 1 aromatic carbocycles. The van der Waals surface area contributed by atoms with Crippen LogP contribution in [0.15, 0.2) is 22.7 Å². The minimum atomic E-state index is -0.523. The van der Waals surface area contributed by atoms with E-state index in [1.807, 2.05) is 7.05 Å². The van der Waals surface area contributed by atoms with Crippen molar-refractivity contribution < 1.29 is 13.7 Å². The van der Waals surface area contributed by atoms with Crippen molar-refractivity contribution in [1.82, 2.24) is 15.4 Å². The highest BCUT2D eigenvalue weighted by atomic mass is 35.5. The highest BCUT2D eigenvalue weighted by Gasteiger charge is 2.30. The Morgan fingerprint density at radius 3 is 2.74 bits per heavy atom. The molecule has 1 saturated heterocycles. The van der Waals surface area contributed by atoms with Gasteiger partial charge in [-0.3, -0.25) is 4.79 Å². The lowest BCUT2D eigenvalue weighted by Gasteiger charge is -2.32. The number of benzene rings is 1. The van der Waals surface area contributed by atoms with Crippen LogP contribution in [0.3, 0.4) is 0 Å². The normalized spacial score (nSPS) is 14.9. The molecule has 0 radical (unpaired) electrons. The fourth-order valence-electron chi connectivity index (χ4n) is 3.45. The molecule has 1 aromatic heterocycles. The van der Waals surface area contributed by atoms with Crippen LogP contribution in [0.5, 0.6) is 0 Å². The summed E-state index contributed by atoms with van der Waals surface area (Å²) in [6.07, 6.45) is 3.04. The van der Waals surface area contributed by atoms with Gasteiger partial charge in [0, 0.05) is 13.1 Å². The molecule has 0 bridgehead atoms. The third-order valence-corrected chi connectivity index (χ3v) is 5.30. The summed E-state index contributed by atoms with van der Waals surface area (Å²) in [5.41, 5.74) is 0.580. The second-order valence-corrected chi connectivity index (χ2v) is 7.09. The Morgan fingerprint density at radius 2 is 2.11 bits per heavy atom. The summed E-state index contributed by atoms with van der Waals surface area (Å²) in [5.74, 6) is 0.299. The Labute approximate surface area is 169 Å². The zero-order chi connectivity index (χ0) is 18.7. The van der Waals surface area contributed by atoms with Crippen molar-refractivity contribution in [3.63, 3.8) is 0 Å². The monoisotopic (exact) mass is 415 g/mol. The van der Waals surface area contributed by atoms with Crippen molar-refractivity contribution in [2.24, 2.45) is 5.92 Å². The van der Waals surface area contributed by atoms with Gasteiger partial charge in [0.25, 0.3) is 5.91 Å². The number of aryl methyl sites for hydroxylation is 1. The summed E-state index contributed by atoms with van der Waals surface area (Å²) in [4.78, 5) is 14.9. The molecule has 1 aliphatic heterocycles. The summed E-state index contributed by atoms with van der Waals surface area (Å²) in [6.45, 7) is 4.02. The second-order valence-electron chi connectivity index (χ2n) is 6.69. The van der Waals surface area contributed by atoms with E-state index in [1.54, 1.807) is 17.9 Å². The summed E-state index contributed by atoms with van der Waals surface area (Å²) in [5, 5.41) is 7.30. The Morgan fingerprint density at radius 1 is 1.41 bits per heavy atom. The van der Waals surface area contributed by atoms with E-state index in [4.69, 9.17) is 16.1 Å². The standard InChI is InChI=1S/C19H23ClFN3O2.ClH/c1-12-16(18(23-26-12)17-14(20)4-3-5-15(17)21)19(25)24-10-7-13(8-11-24)6-9-22-2;/h3-5,13,22H,6-11H2,1-2H3;1H. The highest BCUT2D eigenvalue weighted by molar-refractivity contribution is 6.33. The van der Waals surface area contributed by atoms with Gasteiger partial charge in [0.1, 0.15) is 22.8 Å². The molecule has 5 nitrogen and oxygen atoms in total. The summed E-state index contributed by atoms with van der Waals surface area (Å²) < 4.78 is 19.5. The van der Waals surface area contributed by atoms with Gasteiger partial charge >= 0.3 is 0 Å². The molecule has 0 saturated carbocycles. The summed E-state index contributed by atoms with van der Waals surface area (Å²) in [6, 6.07) is 4.39. The highest BCUT2D eigenvalue weighted by Crippen LogP contribution is 2.34. The van der Waals surface area contributed by atoms with Crippen LogP contribution < -0.4 is 5.32 Å². The first-order valence-electron chi connectivity index (χ1n) is 8.87. The number of hydrogen-bond donors (Lipinski definition) is 1. The van der Waals surface area contributed by atoms with Crippen LogP contribution in [0.2, 0.25) is 5.02 Å². The molecule has 148 valence electrons. The molecule has 0 spiro atoms. The number of likely N-dealkylation sites (tertiary alicyclic amines) is 1. The fourth-order valence-corrected chi connectivity index (χ4v) is 3.70. The second kappa shape index (κ2) is 9.53. The first-order valence-corrected chi connectivity index (χ1v) is 9.25. The number of aromatic nitrogens is 1. The van der Waals surface area contributed by atoms with Gasteiger partial charge in [-0.2, -0.15) is 0 Å². The van der Waals surface area contributed by atoms with Crippen LogP contribution in [0.1, 0.15) is 35.4 Å². The van der Waals surface area contributed by atoms with Crippen molar-refractivity contribution in [1.29, 1.82) is 0 Å². The number of carbonyl (C=O) groups is 1. The van der Waals surface area contributed by atoms with Gasteiger partial charge in [0.05, 0.1) is 10.6 Å². The predicted molar refractivity (Wildman–Crippen MR) is 106 cm³/mol. The number of halogens is 3. The van der Waals surface area contributed by atoms with Crippen molar-refractivity contribution in [3.05, 3.63) is 40.4 Å². The lowest BCUT2D eigenvalue weighted by molar-refractivity contribution is 0.0686. The number of amides is 1. The Balaban J connectivity index is 0.00000261. The van der Waals surface area contributed by atoms with Gasteiger partial charge in [-0.25, -0.2) is 4.39 Å². The fraction of sp³-hybridized carbons (Fsp3) is 0.474. The minimum Gasteiger partial charge on any atom is -0.360 e. The molecule has 1 N–H and O–H groups in total. The zero-order valence-electron chi connectivity index (χ0n) is 15.4. The first kappa shape index (κ1) is 21.7. The van der Waals surface area contributed by atoms with Crippen molar-refractivity contribution in [2.75, 3.05) is 26.7 Å². The van der Waals surface area contributed by atoms with Gasteiger partial charge in [-0.15, -0.1) is 12.4 Å². The largest absolute Gasteiger partial charge is 0.360 e. The summed E-state index contributed by atoms with van der Waals surface area (Å²) in [7, 11) is 1.95. The number of rotatable bonds is 5. The van der Waals surface area contributed by atoms with E-state index in [2.05, 4.69) is 10.5 Å². The number of carbonyl (C=O) groups excluding carboxylic acids is 1. The zero-order valence-corrected chi connectivity index (χ0v) is 17.0. The lowest BCUT2D eigenvalue weighted by Crippen LogP contribution is -2.39. The molecule has 0 unspecified atom stereocenters. The molecule has 0 atom stereocenters. The number of hydrogen-bond acceptors (Lipinski definition) is 4. The van der Waals surface area contributed by atoms with Crippen molar-refractivity contribution in [3.8, 4) is 11.3 Å². The van der Waals surface area contributed by atoms with Gasteiger partial charge in [0.15, 0.2) is 0 Å². The third kappa shape index (κ3) is 4.62. The van der Waals surface area contributed by atoms with Crippen LogP contribution in [-0.2, 0) is 0 Å². The van der Waals surface area contributed by atoms with Crippen LogP contribution in [0.4, 0.5) is 4.39 Å². The van der Waals surface area contributed by atoms with Crippen LogP contribution in [-0.4, -0.2) is 42.6 Å². The van der Waals surface area contributed by atoms with Gasteiger partial charge < -0.3 is 14.7 Å². The summed E-state index contributed by atoms with van der Waals surface area (Å²) >= 11 is 6.15. The average Bonchev–Trinajstić information content (AvgIpc) is 3.01. The molecule has 0 aliphatic carbocycles. The van der Waals surface area contributed by atoms with E-state index < -0.39 is 5.82 Å². The van der Waals surface area contributed by atoms with Gasteiger partial charge in [0.2, 0.25) is 0 Å². The molecule has 1 aliphatic rings. The van der Waals surface area contributed by atoms with Crippen LogP contribution >= 0.6 is 24.0 Å². The topological polar surface area (TPSA) is 58.4 Å². The van der Waals surface area contributed by atoms with Crippen molar-refractivity contribution >= 4 is 29.9 Å². The molecular formula is C19H24Cl2FN3O2. The molecule has 8 heteroatoms. The number of nitrogens with one attached hydrogen (secondary N) is 1. The smallest absolute Gasteiger partial charge is 0.259 e. The minimum absolute atomic E-state index is 0. The van der Waals surface area contributed by atoms with E-state index in [1.165, 1.54) is 12.1 Å². The maximum atomic E-state index is 14.3. The third-order valence-electron chi connectivity index (χ3n) is 4.98.